The Kier molecular flexibility index (Phi) is 9.67. The molecule has 0 saturated carbocycles. The topological polar surface area (TPSA) is 85.9 Å². The van der Waals surface area contributed by atoms with Crippen LogP contribution >= 0.6 is 0 Å². The van der Waals surface area contributed by atoms with Gasteiger partial charge in [-0.05, 0) is 30.7 Å². The van der Waals surface area contributed by atoms with E-state index in [-0.39, 0.29) is 18.6 Å². The van der Waals surface area contributed by atoms with Crippen molar-refractivity contribution in [3.8, 4) is 0 Å². The quantitative estimate of drug-likeness (QED) is 0.462. The van der Waals surface area contributed by atoms with Gasteiger partial charge >= 0.3 is 6.09 Å². The van der Waals surface area contributed by atoms with Crippen LogP contribution in [0.5, 0.6) is 0 Å². The molecule has 0 spiro atoms. The number of hydrogen-bond donors (Lipinski definition) is 2. The van der Waals surface area contributed by atoms with E-state index in [1.54, 1.807) is 7.11 Å². The molecule has 2 rings (SSSR count). The molecule has 1 saturated heterocycles. The van der Waals surface area contributed by atoms with E-state index in [4.69, 9.17) is 14.2 Å². The van der Waals surface area contributed by atoms with Gasteiger partial charge in [0.15, 0.2) is 6.29 Å². The molecule has 2 amide bonds. The first-order valence-corrected chi connectivity index (χ1v) is 10.1. The van der Waals surface area contributed by atoms with E-state index in [0.29, 0.717) is 37.5 Å². The average molecular weight is 405 g/mol. The Morgan fingerprint density at radius 1 is 1.28 bits per heavy atom. The molecule has 0 bridgehead atoms. The highest BCUT2D eigenvalue weighted by atomic mass is 16.7. The minimum atomic E-state index is -0.469. The van der Waals surface area contributed by atoms with Gasteiger partial charge in [0.1, 0.15) is 6.61 Å². The largest absolute Gasteiger partial charge is 0.445 e. The molecule has 7 nitrogen and oxygen atoms in total. The van der Waals surface area contributed by atoms with Crippen molar-refractivity contribution in [2.75, 3.05) is 20.3 Å². The molecule has 0 aliphatic carbocycles. The van der Waals surface area contributed by atoms with Crippen LogP contribution < -0.4 is 10.6 Å². The van der Waals surface area contributed by atoms with Gasteiger partial charge in [0.2, 0.25) is 5.91 Å². The highest BCUT2D eigenvalue weighted by Gasteiger charge is 2.30. The summed E-state index contributed by atoms with van der Waals surface area (Å²) in [7, 11) is 1.57. The summed E-state index contributed by atoms with van der Waals surface area (Å²) in [6, 6.07) is 9.36. The number of ether oxygens (including phenoxy) is 3. The predicted molar refractivity (Wildman–Crippen MR) is 110 cm³/mol. The fourth-order valence-electron chi connectivity index (χ4n) is 3.10. The maximum absolute atomic E-state index is 12.7. The second-order valence-electron chi connectivity index (χ2n) is 7.45. The van der Waals surface area contributed by atoms with Crippen LogP contribution in [0.3, 0.4) is 0 Å². The van der Waals surface area contributed by atoms with E-state index < -0.39 is 12.4 Å². The smallest absolute Gasteiger partial charge is 0.407 e. The number of nitrogens with one attached hydrogen (secondary N) is 2. The highest BCUT2D eigenvalue weighted by molar-refractivity contribution is 5.93. The van der Waals surface area contributed by atoms with Crippen LogP contribution in [-0.4, -0.2) is 44.6 Å². The van der Waals surface area contributed by atoms with Crippen molar-refractivity contribution in [1.82, 2.24) is 10.6 Å². The van der Waals surface area contributed by atoms with Gasteiger partial charge in [-0.25, -0.2) is 4.79 Å². The van der Waals surface area contributed by atoms with Gasteiger partial charge in [-0.15, -0.1) is 0 Å². The predicted octanol–water partition coefficient (Wildman–Crippen LogP) is 3.15. The molecule has 1 aromatic carbocycles. The summed E-state index contributed by atoms with van der Waals surface area (Å²) in [5.74, 6) is 0.233. The number of rotatable bonds is 10. The minimum absolute atomic E-state index is 0.108. The van der Waals surface area contributed by atoms with Gasteiger partial charge < -0.3 is 24.8 Å². The van der Waals surface area contributed by atoms with Crippen LogP contribution in [0.4, 0.5) is 4.79 Å². The molecular formula is C22H32N2O5. The van der Waals surface area contributed by atoms with E-state index in [9.17, 15) is 9.59 Å². The van der Waals surface area contributed by atoms with Crippen molar-refractivity contribution in [1.29, 1.82) is 0 Å². The summed E-state index contributed by atoms with van der Waals surface area (Å²) in [6.45, 7) is 5.33. The van der Waals surface area contributed by atoms with Crippen LogP contribution in [0, 0.1) is 5.92 Å². The Labute approximate surface area is 172 Å². The lowest BCUT2D eigenvalue weighted by Gasteiger charge is -2.20. The number of hydrogen-bond acceptors (Lipinski definition) is 5. The molecule has 29 heavy (non-hydrogen) atoms. The second kappa shape index (κ2) is 12.2. The summed E-state index contributed by atoms with van der Waals surface area (Å²) < 4.78 is 15.9. The number of methoxy groups -OCH3 is 1. The number of carbonyl (C=O) groups excluding carboxylic acids is 2. The van der Waals surface area contributed by atoms with Crippen molar-refractivity contribution in [3.05, 3.63) is 47.5 Å². The lowest BCUT2D eigenvalue weighted by atomic mass is 10.0. The molecular weight excluding hydrogens is 372 g/mol. The van der Waals surface area contributed by atoms with Gasteiger partial charge in [0.25, 0.3) is 0 Å². The standard InChI is InChI=1S/C22H32N2O5/c1-16(2)14-18(20(25)24-19-11-13-28-21(19)27-3)10-7-12-23-22(26)29-15-17-8-5-4-6-9-17/h4-6,8-10,16,19,21H,7,11-15H2,1-3H3,(H,23,26)(H,24,25)/t19-,21?/m0/s1. The Bertz CT molecular complexity index is 675. The molecule has 2 atom stereocenters. The third-order valence-electron chi connectivity index (χ3n) is 4.53. The number of benzene rings is 1. The molecule has 1 aliphatic heterocycles. The second-order valence-corrected chi connectivity index (χ2v) is 7.45. The maximum Gasteiger partial charge on any atom is 0.407 e. The lowest BCUT2D eigenvalue weighted by Crippen LogP contribution is -2.42. The molecule has 0 aromatic heterocycles. The van der Waals surface area contributed by atoms with E-state index in [2.05, 4.69) is 24.5 Å². The average Bonchev–Trinajstić information content (AvgIpc) is 3.16. The third kappa shape index (κ3) is 8.25. The summed E-state index contributed by atoms with van der Waals surface area (Å²) >= 11 is 0. The molecule has 1 aliphatic rings. The fourth-order valence-corrected chi connectivity index (χ4v) is 3.10. The maximum atomic E-state index is 12.7. The minimum Gasteiger partial charge on any atom is -0.445 e. The number of alkyl carbamates (subject to hydrolysis) is 1. The molecule has 1 aromatic rings. The van der Waals surface area contributed by atoms with E-state index in [1.807, 2.05) is 36.4 Å². The summed E-state index contributed by atoms with van der Waals surface area (Å²) in [6.07, 6.45) is 2.95. The van der Waals surface area contributed by atoms with Gasteiger partial charge in [-0.3, -0.25) is 4.79 Å². The van der Waals surface area contributed by atoms with Crippen molar-refractivity contribution < 1.29 is 23.8 Å². The zero-order valence-electron chi connectivity index (χ0n) is 17.5. The van der Waals surface area contributed by atoms with Crippen molar-refractivity contribution in [2.45, 2.75) is 52.0 Å². The Morgan fingerprint density at radius 3 is 2.72 bits per heavy atom. The molecule has 1 fully saturated rings. The number of amides is 2. The summed E-state index contributed by atoms with van der Waals surface area (Å²) in [4.78, 5) is 24.5. The van der Waals surface area contributed by atoms with Crippen LogP contribution in [0.25, 0.3) is 0 Å². The first-order chi connectivity index (χ1) is 14.0. The molecule has 0 radical (unpaired) electrons. The van der Waals surface area contributed by atoms with Gasteiger partial charge in [-0.2, -0.15) is 0 Å². The monoisotopic (exact) mass is 404 g/mol. The molecule has 1 heterocycles. The zero-order valence-corrected chi connectivity index (χ0v) is 17.5. The first kappa shape index (κ1) is 22.9. The van der Waals surface area contributed by atoms with Gasteiger partial charge in [0, 0.05) is 19.2 Å². The van der Waals surface area contributed by atoms with Gasteiger partial charge in [-0.1, -0.05) is 50.3 Å². The van der Waals surface area contributed by atoms with Crippen LogP contribution in [0.15, 0.2) is 42.0 Å². The van der Waals surface area contributed by atoms with Crippen LogP contribution in [0.1, 0.15) is 38.7 Å². The Hall–Kier alpha value is -2.38. The summed E-state index contributed by atoms with van der Waals surface area (Å²) in [5, 5.41) is 5.72. The molecule has 160 valence electrons. The normalized spacial score (nSPS) is 19.2. The first-order valence-electron chi connectivity index (χ1n) is 10.1. The van der Waals surface area contributed by atoms with Gasteiger partial charge in [0.05, 0.1) is 12.6 Å². The van der Waals surface area contributed by atoms with Crippen molar-refractivity contribution >= 4 is 12.0 Å². The van der Waals surface area contributed by atoms with E-state index in [1.165, 1.54) is 0 Å². The SMILES string of the molecule is COC1OCC[C@@H]1NC(=O)C(=CCCNC(=O)OCc1ccccc1)CC(C)C. The van der Waals surface area contributed by atoms with Crippen LogP contribution in [-0.2, 0) is 25.6 Å². The van der Waals surface area contributed by atoms with E-state index >= 15 is 0 Å². The highest BCUT2D eigenvalue weighted by Crippen LogP contribution is 2.17. The van der Waals surface area contributed by atoms with Crippen LogP contribution in [0.2, 0.25) is 0 Å². The van der Waals surface area contributed by atoms with Crippen molar-refractivity contribution in [2.24, 2.45) is 5.92 Å². The molecule has 7 heteroatoms. The fraction of sp³-hybridized carbons (Fsp3) is 0.545. The number of carbonyl (C=O) groups is 2. The molecule has 1 unspecified atom stereocenters. The van der Waals surface area contributed by atoms with Crippen molar-refractivity contribution in [3.63, 3.8) is 0 Å². The Balaban J connectivity index is 1.78. The lowest BCUT2D eigenvalue weighted by molar-refractivity contribution is -0.125. The zero-order chi connectivity index (χ0) is 21.1. The third-order valence-corrected chi connectivity index (χ3v) is 4.53. The van der Waals surface area contributed by atoms with E-state index in [0.717, 1.165) is 12.0 Å². The molecule has 2 N–H and O–H groups in total. The summed E-state index contributed by atoms with van der Waals surface area (Å²) in [5.41, 5.74) is 1.64. The Morgan fingerprint density at radius 2 is 2.03 bits per heavy atom.